The van der Waals surface area contributed by atoms with E-state index in [9.17, 15) is 9.59 Å². The first-order chi connectivity index (χ1) is 15.0. The van der Waals surface area contributed by atoms with Crippen molar-refractivity contribution < 1.29 is 23.8 Å². The number of rotatable bonds is 7. The van der Waals surface area contributed by atoms with Gasteiger partial charge in [-0.3, -0.25) is 4.79 Å². The molecule has 0 saturated heterocycles. The van der Waals surface area contributed by atoms with Crippen LogP contribution in [0, 0.1) is 0 Å². The second-order valence-electron chi connectivity index (χ2n) is 6.24. The third-order valence-electron chi connectivity index (χ3n) is 4.18. The van der Waals surface area contributed by atoms with Crippen LogP contribution in [0.2, 0.25) is 5.02 Å². The van der Waals surface area contributed by atoms with E-state index in [2.05, 4.69) is 10.5 Å². The van der Waals surface area contributed by atoms with Gasteiger partial charge in [-0.15, -0.1) is 0 Å². The fourth-order valence-corrected chi connectivity index (χ4v) is 2.78. The second-order valence-corrected chi connectivity index (χ2v) is 6.67. The fraction of sp³-hybridized carbons (Fsp3) is 0.0870. The molecule has 0 unspecified atom stereocenters. The van der Waals surface area contributed by atoms with Gasteiger partial charge in [-0.2, -0.15) is 5.10 Å². The van der Waals surface area contributed by atoms with Crippen LogP contribution < -0.4 is 19.6 Å². The van der Waals surface area contributed by atoms with E-state index in [0.717, 1.165) is 0 Å². The lowest BCUT2D eigenvalue weighted by atomic mass is 10.2. The number of nitrogens with one attached hydrogen (secondary N) is 1. The number of nitrogens with zero attached hydrogens (tertiary/aromatic N) is 1. The van der Waals surface area contributed by atoms with Crippen molar-refractivity contribution in [2.24, 2.45) is 5.10 Å². The number of ether oxygens (including phenoxy) is 3. The number of esters is 1. The molecule has 0 aliphatic carbocycles. The zero-order chi connectivity index (χ0) is 22.2. The van der Waals surface area contributed by atoms with E-state index in [4.69, 9.17) is 25.8 Å². The summed E-state index contributed by atoms with van der Waals surface area (Å²) in [6.45, 7) is 0. The highest BCUT2D eigenvalue weighted by Gasteiger charge is 2.13. The summed E-state index contributed by atoms with van der Waals surface area (Å²) < 4.78 is 15.8. The number of carbonyl (C=O) groups excluding carboxylic acids is 2. The number of hydrazone groups is 1. The number of amides is 1. The Labute approximate surface area is 184 Å². The summed E-state index contributed by atoms with van der Waals surface area (Å²) in [5, 5.41) is 4.39. The standard InChI is InChI=1S/C23H19ClN2O5/c1-29-19-9-7-16(8-10-19)23(28)31-20-11-6-15(12-21(20)30-2)14-25-26-22(27)17-4-3-5-18(24)13-17/h3-14H,1-2H3,(H,26,27)/b25-14+. The topological polar surface area (TPSA) is 86.2 Å². The van der Waals surface area contributed by atoms with Crippen molar-refractivity contribution in [1.29, 1.82) is 0 Å². The molecule has 0 bridgehead atoms. The highest BCUT2D eigenvalue weighted by molar-refractivity contribution is 6.30. The van der Waals surface area contributed by atoms with Gasteiger partial charge in [-0.1, -0.05) is 17.7 Å². The van der Waals surface area contributed by atoms with Gasteiger partial charge in [-0.05, 0) is 66.2 Å². The average molecular weight is 439 g/mol. The van der Waals surface area contributed by atoms with Crippen molar-refractivity contribution in [3.63, 3.8) is 0 Å². The molecule has 7 nitrogen and oxygen atoms in total. The molecular weight excluding hydrogens is 420 g/mol. The minimum absolute atomic E-state index is 0.253. The zero-order valence-electron chi connectivity index (χ0n) is 16.8. The molecule has 0 atom stereocenters. The molecule has 8 heteroatoms. The Hall–Kier alpha value is -3.84. The van der Waals surface area contributed by atoms with Crippen molar-refractivity contribution in [2.45, 2.75) is 0 Å². The molecule has 0 aliphatic heterocycles. The lowest BCUT2D eigenvalue weighted by Gasteiger charge is -2.10. The summed E-state index contributed by atoms with van der Waals surface area (Å²) in [5.74, 6) is 0.308. The van der Waals surface area contributed by atoms with Crippen LogP contribution in [0.1, 0.15) is 26.3 Å². The Morgan fingerprint density at radius 3 is 2.35 bits per heavy atom. The van der Waals surface area contributed by atoms with Crippen molar-refractivity contribution in [1.82, 2.24) is 5.43 Å². The van der Waals surface area contributed by atoms with Crippen molar-refractivity contribution in [3.8, 4) is 17.2 Å². The Balaban J connectivity index is 1.66. The summed E-state index contributed by atoms with van der Waals surface area (Å²) in [5.41, 5.74) is 3.82. The van der Waals surface area contributed by atoms with E-state index < -0.39 is 11.9 Å². The van der Waals surface area contributed by atoms with Crippen LogP contribution in [0.4, 0.5) is 0 Å². The van der Waals surface area contributed by atoms with E-state index in [-0.39, 0.29) is 5.75 Å². The van der Waals surface area contributed by atoms with Gasteiger partial charge in [0, 0.05) is 10.6 Å². The molecule has 0 aliphatic rings. The van der Waals surface area contributed by atoms with Gasteiger partial charge >= 0.3 is 5.97 Å². The fourth-order valence-electron chi connectivity index (χ4n) is 2.59. The molecule has 3 aromatic rings. The van der Waals surface area contributed by atoms with Gasteiger partial charge in [0.2, 0.25) is 0 Å². The van der Waals surface area contributed by atoms with Crippen LogP contribution in [-0.2, 0) is 0 Å². The molecule has 3 rings (SSSR count). The third kappa shape index (κ3) is 5.83. The van der Waals surface area contributed by atoms with Crippen molar-refractivity contribution in [3.05, 3.63) is 88.4 Å². The molecule has 158 valence electrons. The van der Waals surface area contributed by atoms with E-state index in [0.29, 0.717) is 33.2 Å². The van der Waals surface area contributed by atoms with Gasteiger partial charge in [0.1, 0.15) is 5.75 Å². The number of benzene rings is 3. The predicted molar refractivity (Wildman–Crippen MR) is 117 cm³/mol. The molecule has 0 heterocycles. The Bertz CT molecular complexity index is 1110. The molecule has 31 heavy (non-hydrogen) atoms. The van der Waals surface area contributed by atoms with Gasteiger partial charge in [0.15, 0.2) is 11.5 Å². The molecule has 1 amide bonds. The minimum Gasteiger partial charge on any atom is -0.497 e. The smallest absolute Gasteiger partial charge is 0.343 e. The average Bonchev–Trinajstić information content (AvgIpc) is 2.79. The zero-order valence-corrected chi connectivity index (χ0v) is 17.6. The van der Waals surface area contributed by atoms with Crippen LogP contribution in [0.5, 0.6) is 17.2 Å². The molecule has 0 radical (unpaired) electrons. The first-order valence-corrected chi connectivity index (χ1v) is 9.51. The van der Waals surface area contributed by atoms with E-state index in [1.807, 2.05) is 0 Å². The Kier molecular flexibility index (Phi) is 7.24. The van der Waals surface area contributed by atoms with Gasteiger partial charge < -0.3 is 14.2 Å². The van der Waals surface area contributed by atoms with Gasteiger partial charge in [-0.25, -0.2) is 10.2 Å². The third-order valence-corrected chi connectivity index (χ3v) is 4.42. The van der Waals surface area contributed by atoms with Crippen LogP contribution in [0.15, 0.2) is 71.8 Å². The minimum atomic E-state index is -0.531. The molecule has 0 spiro atoms. The van der Waals surface area contributed by atoms with Crippen LogP contribution in [0.25, 0.3) is 0 Å². The number of hydrogen-bond donors (Lipinski definition) is 1. The Morgan fingerprint density at radius 2 is 1.68 bits per heavy atom. The van der Waals surface area contributed by atoms with E-state index >= 15 is 0 Å². The normalized spacial score (nSPS) is 10.5. The summed E-state index contributed by atoms with van der Waals surface area (Å²) in [6, 6.07) is 18.0. The number of halogens is 1. The monoisotopic (exact) mass is 438 g/mol. The molecule has 0 aromatic heterocycles. The lowest BCUT2D eigenvalue weighted by Crippen LogP contribution is -2.17. The SMILES string of the molecule is COc1ccc(C(=O)Oc2ccc(/C=N/NC(=O)c3cccc(Cl)c3)cc2OC)cc1. The van der Waals surface area contributed by atoms with Crippen LogP contribution in [0.3, 0.4) is 0 Å². The number of hydrogen-bond acceptors (Lipinski definition) is 6. The van der Waals surface area contributed by atoms with Gasteiger partial charge in [0.25, 0.3) is 5.91 Å². The Morgan fingerprint density at radius 1 is 0.903 bits per heavy atom. The van der Waals surface area contributed by atoms with Crippen molar-refractivity contribution >= 4 is 29.7 Å². The van der Waals surface area contributed by atoms with E-state index in [1.165, 1.54) is 13.3 Å². The van der Waals surface area contributed by atoms with Crippen LogP contribution in [-0.4, -0.2) is 32.3 Å². The molecule has 0 fully saturated rings. The molecular formula is C23H19ClN2O5. The summed E-state index contributed by atoms with van der Waals surface area (Å²) in [7, 11) is 3.01. The second kappa shape index (κ2) is 10.3. The molecule has 1 N–H and O–H groups in total. The summed E-state index contributed by atoms with van der Waals surface area (Å²) in [4.78, 5) is 24.5. The maximum absolute atomic E-state index is 12.4. The maximum atomic E-state index is 12.4. The number of carbonyl (C=O) groups is 2. The van der Waals surface area contributed by atoms with E-state index in [1.54, 1.807) is 73.8 Å². The lowest BCUT2D eigenvalue weighted by molar-refractivity contribution is 0.0729. The van der Waals surface area contributed by atoms with Crippen LogP contribution >= 0.6 is 11.6 Å². The quantitative estimate of drug-likeness (QED) is 0.256. The summed E-state index contributed by atoms with van der Waals surface area (Å²) in [6.07, 6.45) is 1.44. The first kappa shape index (κ1) is 21.9. The highest BCUT2D eigenvalue weighted by atomic mass is 35.5. The molecule has 3 aromatic carbocycles. The first-order valence-electron chi connectivity index (χ1n) is 9.13. The maximum Gasteiger partial charge on any atom is 0.343 e. The largest absolute Gasteiger partial charge is 0.497 e. The highest BCUT2D eigenvalue weighted by Crippen LogP contribution is 2.28. The predicted octanol–water partition coefficient (Wildman–Crippen LogP) is 4.34. The summed E-state index contributed by atoms with van der Waals surface area (Å²) >= 11 is 5.88. The number of methoxy groups -OCH3 is 2. The van der Waals surface area contributed by atoms with Gasteiger partial charge in [0.05, 0.1) is 26.0 Å². The molecule has 0 saturated carbocycles. The van der Waals surface area contributed by atoms with Crippen molar-refractivity contribution in [2.75, 3.05) is 14.2 Å².